The molecule has 0 aliphatic carbocycles. The lowest BCUT2D eigenvalue weighted by atomic mass is 10.2. The first-order valence-electron chi connectivity index (χ1n) is 8.47. The molecule has 2 N–H and O–H groups in total. The summed E-state index contributed by atoms with van der Waals surface area (Å²) in [7, 11) is 0. The van der Waals surface area contributed by atoms with Crippen LogP contribution in [-0.4, -0.2) is 26.3 Å². The van der Waals surface area contributed by atoms with Gasteiger partial charge in [0.25, 0.3) is 5.56 Å². The molecule has 2 aromatic carbocycles. The van der Waals surface area contributed by atoms with Crippen molar-refractivity contribution in [3.8, 4) is 11.4 Å². The van der Waals surface area contributed by atoms with Crippen molar-refractivity contribution in [2.75, 3.05) is 5.32 Å². The summed E-state index contributed by atoms with van der Waals surface area (Å²) in [6.07, 6.45) is -4.79. The molecule has 0 saturated heterocycles. The Balaban J connectivity index is 1.80. The van der Waals surface area contributed by atoms with E-state index in [1.807, 2.05) is 6.92 Å². The molecule has 10 heteroatoms. The van der Waals surface area contributed by atoms with Crippen LogP contribution >= 0.6 is 0 Å². The predicted octanol–water partition coefficient (Wildman–Crippen LogP) is 4.06. The molecule has 148 valence electrons. The Labute approximate surface area is 161 Å². The molecule has 0 fully saturated rings. The Morgan fingerprint density at radius 3 is 2.38 bits per heavy atom. The first-order valence-corrected chi connectivity index (χ1v) is 8.47. The summed E-state index contributed by atoms with van der Waals surface area (Å²) in [4.78, 5) is 12.9. The molecule has 0 saturated carbocycles. The third-order valence-electron chi connectivity index (χ3n) is 4.07. The standard InChI is InChI=1S/C19H14F3N5O2/c1-11-10-16(25-24-11)23-17-14-4-2-3-5-15(14)18(28)27(26-17)12-6-8-13(9-7-12)29-19(20,21)22/h2-10H,1H3,(H2,23,24,25,26). The van der Waals surface area contributed by atoms with Gasteiger partial charge < -0.3 is 10.1 Å². The van der Waals surface area contributed by atoms with Gasteiger partial charge in [-0.1, -0.05) is 18.2 Å². The van der Waals surface area contributed by atoms with Gasteiger partial charge in [-0.25, -0.2) is 0 Å². The van der Waals surface area contributed by atoms with Gasteiger partial charge in [-0.05, 0) is 37.3 Å². The molecule has 0 unspecified atom stereocenters. The van der Waals surface area contributed by atoms with Crippen molar-refractivity contribution < 1.29 is 17.9 Å². The number of anilines is 2. The average molecular weight is 401 g/mol. The molecule has 4 rings (SSSR count). The van der Waals surface area contributed by atoms with Gasteiger partial charge in [0.1, 0.15) is 5.75 Å². The number of halogens is 3. The van der Waals surface area contributed by atoms with Crippen LogP contribution in [0.15, 0.2) is 59.4 Å². The van der Waals surface area contributed by atoms with Gasteiger partial charge in [0, 0.05) is 17.1 Å². The van der Waals surface area contributed by atoms with Gasteiger partial charge >= 0.3 is 6.36 Å². The second-order valence-corrected chi connectivity index (χ2v) is 6.21. The SMILES string of the molecule is Cc1cc(Nc2nn(-c3ccc(OC(F)(F)F)cc3)c(=O)c3ccccc23)n[nH]1. The van der Waals surface area contributed by atoms with Crippen LogP contribution in [0.2, 0.25) is 0 Å². The van der Waals surface area contributed by atoms with Crippen molar-refractivity contribution in [2.45, 2.75) is 13.3 Å². The molecule has 0 aliphatic heterocycles. The molecule has 0 amide bonds. The van der Waals surface area contributed by atoms with E-state index >= 15 is 0 Å². The van der Waals surface area contributed by atoms with Gasteiger partial charge in [0.2, 0.25) is 0 Å². The first kappa shape index (κ1) is 18.5. The number of nitrogens with zero attached hydrogens (tertiary/aromatic N) is 3. The molecule has 2 heterocycles. The van der Waals surface area contributed by atoms with Crippen LogP contribution in [0.4, 0.5) is 24.8 Å². The summed E-state index contributed by atoms with van der Waals surface area (Å²) in [6, 6.07) is 13.6. The zero-order valence-electron chi connectivity index (χ0n) is 15.0. The Bertz CT molecular complexity index is 1230. The van der Waals surface area contributed by atoms with Gasteiger partial charge in [-0.15, -0.1) is 18.3 Å². The van der Waals surface area contributed by atoms with E-state index in [0.717, 1.165) is 22.5 Å². The van der Waals surface area contributed by atoms with E-state index in [2.05, 4.69) is 25.3 Å². The molecule has 7 nitrogen and oxygen atoms in total. The number of rotatable bonds is 4. The van der Waals surface area contributed by atoms with Crippen molar-refractivity contribution in [2.24, 2.45) is 0 Å². The van der Waals surface area contributed by atoms with Crippen LogP contribution in [0.25, 0.3) is 16.5 Å². The van der Waals surface area contributed by atoms with Crippen LogP contribution < -0.4 is 15.6 Å². The fourth-order valence-electron chi connectivity index (χ4n) is 2.85. The van der Waals surface area contributed by atoms with E-state index in [4.69, 9.17) is 0 Å². The quantitative estimate of drug-likeness (QED) is 0.539. The molecular formula is C19H14F3N5O2. The number of alkyl halides is 3. The maximum Gasteiger partial charge on any atom is 0.573 e. The molecule has 2 aromatic heterocycles. The van der Waals surface area contributed by atoms with Crippen molar-refractivity contribution in [1.82, 2.24) is 20.0 Å². The molecule has 0 spiro atoms. The van der Waals surface area contributed by atoms with Crippen LogP contribution in [0.5, 0.6) is 5.75 Å². The molecule has 4 aromatic rings. The Morgan fingerprint density at radius 1 is 1.07 bits per heavy atom. The van der Waals surface area contributed by atoms with Gasteiger partial charge in [0.15, 0.2) is 11.6 Å². The second kappa shape index (κ2) is 6.97. The van der Waals surface area contributed by atoms with Gasteiger partial charge in [-0.3, -0.25) is 9.89 Å². The smallest absolute Gasteiger partial charge is 0.406 e. The summed E-state index contributed by atoms with van der Waals surface area (Å²) >= 11 is 0. The highest BCUT2D eigenvalue weighted by atomic mass is 19.4. The minimum atomic E-state index is -4.79. The lowest BCUT2D eigenvalue weighted by molar-refractivity contribution is -0.274. The highest BCUT2D eigenvalue weighted by Gasteiger charge is 2.31. The third-order valence-corrected chi connectivity index (χ3v) is 4.07. The van der Waals surface area contributed by atoms with Crippen LogP contribution in [-0.2, 0) is 0 Å². The Hall–Kier alpha value is -3.82. The number of H-pyrrole nitrogens is 1. The second-order valence-electron chi connectivity index (χ2n) is 6.21. The predicted molar refractivity (Wildman–Crippen MR) is 101 cm³/mol. The minimum absolute atomic E-state index is 0.288. The maximum atomic E-state index is 12.9. The van der Waals surface area contributed by atoms with E-state index in [-0.39, 0.29) is 11.4 Å². The normalized spacial score (nSPS) is 11.6. The summed E-state index contributed by atoms with van der Waals surface area (Å²) in [5.74, 6) is 0.502. The number of nitrogens with one attached hydrogen (secondary N) is 2. The topological polar surface area (TPSA) is 84.8 Å². The highest BCUT2D eigenvalue weighted by Crippen LogP contribution is 2.25. The van der Waals surface area contributed by atoms with Crippen LogP contribution in [0, 0.1) is 6.92 Å². The van der Waals surface area contributed by atoms with Crippen LogP contribution in [0.1, 0.15) is 5.69 Å². The van der Waals surface area contributed by atoms with Crippen molar-refractivity contribution in [3.05, 3.63) is 70.6 Å². The number of benzene rings is 2. The minimum Gasteiger partial charge on any atom is -0.406 e. The highest BCUT2D eigenvalue weighted by molar-refractivity contribution is 5.92. The Kier molecular flexibility index (Phi) is 4.45. The number of hydrogen-bond acceptors (Lipinski definition) is 5. The summed E-state index contributed by atoms with van der Waals surface area (Å²) in [6.45, 7) is 1.84. The lowest BCUT2D eigenvalue weighted by Crippen LogP contribution is -2.22. The Morgan fingerprint density at radius 2 is 1.76 bits per heavy atom. The van der Waals surface area contributed by atoms with E-state index in [1.54, 1.807) is 30.3 Å². The number of aromatic amines is 1. The number of aromatic nitrogens is 4. The largest absolute Gasteiger partial charge is 0.573 e. The molecule has 0 aliphatic rings. The van der Waals surface area contributed by atoms with Crippen molar-refractivity contribution in [1.29, 1.82) is 0 Å². The number of aryl methyl sites for hydroxylation is 1. The average Bonchev–Trinajstić information content (AvgIpc) is 3.08. The monoisotopic (exact) mass is 401 g/mol. The van der Waals surface area contributed by atoms with Crippen molar-refractivity contribution in [3.63, 3.8) is 0 Å². The number of fused-ring (bicyclic) bond motifs is 1. The first-order chi connectivity index (χ1) is 13.8. The summed E-state index contributed by atoms with van der Waals surface area (Å²) in [5.41, 5.74) is 0.718. The number of ether oxygens (including phenoxy) is 1. The molecule has 0 bridgehead atoms. The van der Waals surface area contributed by atoms with Crippen LogP contribution in [0.3, 0.4) is 0 Å². The molecule has 29 heavy (non-hydrogen) atoms. The third kappa shape index (κ3) is 3.91. The molecule has 0 atom stereocenters. The van der Waals surface area contributed by atoms with E-state index in [9.17, 15) is 18.0 Å². The van der Waals surface area contributed by atoms with E-state index in [1.165, 1.54) is 12.1 Å². The fraction of sp³-hybridized carbons (Fsp3) is 0.105. The number of hydrogen-bond donors (Lipinski definition) is 2. The van der Waals surface area contributed by atoms with Crippen molar-refractivity contribution >= 4 is 22.4 Å². The lowest BCUT2D eigenvalue weighted by Gasteiger charge is -2.12. The summed E-state index contributed by atoms with van der Waals surface area (Å²) < 4.78 is 42.1. The van der Waals surface area contributed by atoms with Gasteiger partial charge in [-0.2, -0.15) is 9.78 Å². The van der Waals surface area contributed by atoms with E-state index < -0.39 is 11.9 Å². The summed E-state index contributed by atoms with van der Waals surface area (Å²) in [5, 5.41) is 15.3. The molecular weight excluding hydrogens is 387 g/mol. The zero-order valence-corrected chi connectivity index (χ0v) is 15.0. The van der Waals surface area contributed by atoms with E-state index in [0.29, 0.717) is 22.4 Å². The fourth-order valence-corrected chi connectivity index (χ4v) is 2.85. The molecule has 0 radical (unpaired) electrons. The zero-order chi connectivity index (χ0) is 20.6. The van der Waals surface area contributed by atoms with Gasteiger partial charge in [0.05, 0.1) is 11.1 Å². The maximum absolute atomic E-state index is 12.9.